The number of hydrogen-bond donors (Lipinski definition) is 0. The van der Waals surface area contributed by atoms with Gasteiger partial charge in [-0.25, -0.2) is 4.98 Å². The zero-order valence-electron chi connectivity index (χ0n) is 13.0. The van der Waals surface area contributed by atoms with E-state index in [0.717, 1.165) is 17.1 Å². The van der Waals surface area contributed by atoms with Crippen molar-refractivity contribution >= 4 is 0 Å². The van der Waals surface area contributed by atoms with Crippen molar-refractivity contribution in [2.24, 2.45) is 0 Å². The molecular formula is C18H15NO5. The second kappa shape index (κ2) is 6.16. The van der Waals surface area contributed by atoms with Crippen LogP contribution in [-0.2, 0) is 6.61 Å². The Morgan fingerprint density at radius 2 is 1.79 bits per heavy atom. The van der Waals surface area contributed by atoms with E-state index < -0.39 is 0 Å². The summed E-state index contributed by atoms with van der Waals surface area (Å²) in [6.45, 7) is 0.548. The van der Waals surface area contributed by atoms with Crippen LogP contribution in [-0.4, -0.2) is 18.9 Å². The number of fused-ring (bicyclic) bond motifs is 1. The van der Waals surface area contributed by atoms with Gasteiger partial charge in [0.1, 0.15) is 30.1 Å². The Balaban J connectivity index is 1.43. The van der Waals surface area contributed by atoms with Crippen molar-refractivity contribution in [3.05, 3.63) is 54.4 Å². The third-order valence-corrected chi connectivity index (χ3v) is 3.62. The molecule has 1 aliphatic heterocycles. The lowest BCUT2D eigenvalue weighted by molar-refractivity contribution is 0.173. The average Bonchev–Trinajstić information content (AvgIpc) is 3.29. The van der Waals surface area contributed by atoms with E-state index in [1.54, 1.807) is 19.4 Å². The minimum absolute atomic E-state index is 0.243. The van der Waals surface area contributed by atoms with Gasteiger partial charge in [-0.2, -0.15) is 0 Å². The molecule has 4 rings (SSSR count). The Morgan fingerprint density at radius 1 is 1.00 bits per heavy atom. The normalized spacial score (nSPS) is 12.2. The summed E-state index contributed by atoms with van der Waals surface area (Å²) in [7, 11) is 1.63. The van der Waals surface area contributed by atoms with Crippen LogP contribution in [0.2, 0.25) is 0 Å². The van der Waals surface area contributed by atoms with E-state index >= 15 is 0 Å². The first kappa shape index (κ1) is 14.4. The van der Waals surface area contributed by atoms with Crippen molar-refractivity contribution in [2.45, 2.75) is 6.61 Å². The van der Waals surface area contributed by atoms with Gasteiger partial charge in [0.15, 0.2) is 11.5 Å². The first-order chi connectivity index (χ1) is 11.8. The number of hydrogen-bond acceptors (Lipinski definition) is 6. The largest absolute Gasteiger partial charge is 0.497 e. The number of benzene rings is 2. The summed E-state index contributed by atoms with van der Waals surface area (Å²) in [5.41, 5.74) is 1.59. The molecule has 0 N–H and O–H groups in total. The summed E-state index contributed by atoms with van der Waals surface area (Å²) in [5.74, 6) is 3.43. The third kappa shape index (κ3) is 2.86. The predicted molar refractivity (Wildman–Crippen MR) is 85.4 cm³/mol. The van der Waals surface area contributed by atoms with Gasteiger partial charge in [0.25, 0.3) is 0 Å². The van der Waals surface area contributed by atoms with E-state index in [0.29, 0.717) is 29.7 Å². The molecule has 0 atom stereocenters. The molecule has 0 saturated heterocycles. The van der Waals surface area contributed by atoms with E-state index in [2.05, 4.69) is 4.98 Å². The highest BCUT2D eigenvalue weighted by Crippen LogP contribution is 2.35. The van der Waals surface area contributed by atoms with Gasteiger partial charge in [-0.3, -0.25) is 0 Å². The van der Waals surface area contributed by atoms with E-state index in [1.807, 2.05) is 36.4 Å². The number of aromatic nitrogens is 1. The maximum Gasteiger partial charge on any atom is 0.231 e. The Labute approximate surface area is 138 Å². The zero-order chi connectivity index (χ0) is 16.4. The fourth-order valence-corrected chi connectivity index (χ4v) is 2.36. The summed E-state index contributed by atoms with van der Waals surface area (Å²) in [6, 6.07) is 13.0. The molecule has 0 fully saturated rings. The first-order valence-electron chi connectivity index (χ1n) is 7.43. The van der Waals surface area contributed by atoms with Crippen LogP contribution in [0.4, 0.5) is 0 Å². The standard InChI is InChI=1S/C18H15NO5/c1-20-14-4-2-12(3-5-14)18-19-13(10-22-18)9-21-15-6-7-16-17(8-15)24-11-23-16/h2-8,10H,9,11H2,1H3. The molecule has 0 amide bonds. The summed E-state index contributed by atoms with van der Waals surface area (Å²) < 4.78 is 27.0. The van der Waals surface area contributed by atoms with Crippen LogP contribution in [0.1, 0.15) is 5.69 Å². The second-order valence-electron chi connectivity index (χ2n) is 5.18. The molecule has 0 saturated carbocycles. The van der Waals surface area contributed by atoms with Crippen LogP contribution in [0.3, 0.4) is 0 Å². The molecule has 6 heteroatoms. The van der Waals surface area contributed by atoms with Crippen LogP contribution in [0, 0.1) is 0 Å². The molecule has 122 valence electrons. The highest BCUT2D eigenvalue weighted by atomic mass is 16.7. The molecular weight excluding hydrogens is 310 g/mol. The molecule has 2 aromatic carbocycles. The molecule has 6 nitrogen and oxygen atoms in total. The minimum atomic E-state index is 0.243. The van der Waals surface area contributed by atoms with Crippen molar-refractivity contribution in [3.8, 4) is 34.5 Å². The van der Waals surface area contributed by atoms with Crippen molar-refractivity contribution in [1.29, 1.82) is 0 Å². The van der Waals surface area contributed by atoms with Gasteiger partial charge < -0.3 is 23.4 Å². The van der Waals surface area contributed by atoms with E-state index in [4.69, 9.17) is 23.4 Å². The molecule has 0 bridgehead atoms. The molecule has 24 heavy (non-hydrogen) atoms. The number of rotatable bonds is 5. The maximum absolute atomic E-state index is 5.72. The van der Waals surface area contributed by atoms with Gasteiger partial charge in [-0.1, -0.05) is 0 Å². The lowest BCUT2D eigenvalue weighted by atomic mass is 10.2. The summed E-state index contributed by atoms with van der Waals surface area (Å²) in [6.07, 6.45) is 1.59. The molecule has 1 aromatic heterocycles. The third-order valence-electron chi connectivity index (χ3n) is 3.62. The van der Waals surface area contributed by atoms with Gasteiger partial charge >= 0.3 is 0 Å². The molecule has 0 radical (unpaired) electrons. The van der Waals surface area contributed by atoms with Crippen molar-refractivity contribution < 1.29 is 23.4 Å². The predicted octanol–water partition coefficient (Wildman–Crippen LogP) is 3.66. The Morgan fingerprint density at radius 3 is 2.62 bits per heavy atom. The highest BCUT2D eigenvalue weighted by molar-refractivity contribution is 5.54. The van der Waals surface area contributed by atoms with Crippen molar-refractivity contribution in [1.82, 2.24) is 4.98 Å². The van der Waals surface area contributed by atoms with E-state index in [-0.39, 0.29) is 6.79 Å². The van der Waals surface area contributed by atoms with Crippen molar-refractivity contribution in [2.75, 3.05) is 13.9 Å². The summed E-state index contributed by atoms with van der Waals surface area (Å²) in [4.78, 5) is 4.44. The van der Waals surface area contributed by atoms with Crippen LogP contribution in [0.5, 0.6) is 23.0 Å². The minimum Gasteiger partial charge on any atom is -0.497 e. The van der Waals surface area contributed by atoms with Gasteiger partial charge in [-0.05, 0) is 36.4 Å². The monoisotopic (exact) mass is 325 g/mol. The van der Waals surface area contributed by atoms with Gasteiger partial charge in [0.05, 0.1) is 7.11 Å². The lowest BCUT2D eigenvalue weighted by Gasteiger charge is -2.04. The number of nitrogens with zero attached hydrogens (tertiary/aromatic N) is 1. The quantitative estimate of drug-likeness (QED) is 0.713. The Kier molecular flexibility index (Phi) is 3.70. The second-order valence-corrected chi connectivity index (χ2v) is 5.18. The summed E-state index contributed by atoms with van der Waals surface area (Å²) >= 11 is 0. The van der Waals surface area contributed by atoms with Crippen molar-refractivity contribution in [3.63, 3.8) is 0 Å². The number of oxazole rings is 1. The smallest absolute Gasteiger partial charge is 0.231 e. The van der Waals surface area contributed by atoms with Crippen LogP contribution < -0.4 is 18.9 Å². The SMILES string of the molecule is COc1ccc(-c2nc(COc3ccc4c(c3)OCO4)co2)cc1. The fraction of sp³-hybridized carbons (Fsp3) is 0.167. The van der Waals surface area contributed by atoms with Gasteiger partial charge in [0, 0.05) is 11.6 Å². The van der Waals surface area contributed by atoms with Gasteiger partial charge in [0.2, 0.25) is 12.7 Å². The molecule has 0 aliphatic carbocycles. The average molecular weight is 325 g/mol. The first-order valence-corrected chi connectivity index (χ1v) is 7.43. The van der Waals surface area contributed by atoms with Crippen LogP contribution in [0.25, 0.3) is 11.5 Å². The topological polar surface area (TPSA) is 63.0 Å². The molecule has 0 unspecified atom stereocenters. The molecule has 0 spiro atoms. The molecule has 1 aliphatic rings. The Hall–Kier alpha value is -3.15. The van der Waals surface area contributed by atoms with Crippen LogP contribution >= 0.6 is 0 Å². The molecule has 3 aromatic rings. The number of ether oxygens (including phenoxy) is 4. The lowest BCUT2D eigenvalue weighted by Crippen LogP contribution is -1.95. The maximum atomic E-state index is 5.72. The van der Waals surface area contributed by atoms with Gasteiger partial charge in [-0.15, -0.1) is 0 Å². The van der Waals surface area contributed by atoms with E-state index in [1.165, 1.54) is 0 Å². The fourth-order valence-electron chi connectivity index (χ4n) is 2.36. The zero-order valence-corrected chi connectivity index (χ0v) is 13.0. The Bertz CT molecular complexity index is 841. The molecule has 2 heterocycles. The highest BCUT2D eigenvalue weighted by Gasteiger charge is 2.14. The van der Waals surface area contributed by atoms with Crippen LogP contribution in [0.15, 0.2) is 53.1 Å². The number of methoxy groups -OCH3 is 1. The summed E-state index contributed by atoms with van der Waals surface area (Å²) in [5, 5.41) is 0. The van der Waals surface area contributed by atoms with E-state index in [9.17, 15) is 0 Å².